The molecule has 3 heterocycles. The van der Waals surface area contributed by atoms with Gasteiger partial charge in [-0.1, -0.05) is 39.0 Å². The van der Waals surface area contributed by atoms with Crippen LogP contribution < -0.4 is 0 Å². The van der Waals surface area contributed by atoms with Crippen molar-refractivity contribution in [1.29, 1.82) is 0 Å². The smallest absolute Gasteiger partial charge is 0.257 e. The van der Waals surface area contributed by atoms with Gasteiger partial charge < -0.3 is 4.90 Å². The molecule has 30 heavy (non-hydrogen) atoms. The van der Waals surface area contributed by atoms with Crippen LogP contribution in [0, 0.1) is 6.92 Å². The number of hydrogen-bond acceptors (Lipinski definition) is 5. The summed E-state index contributed by atoms with van der Waals surface area (Å²) in [6.07, 6.45) is 1.69. The molecule has 0 saturated carbocycles. The molecule has 1 amide bonds. The molecule has 2 aromatic heterocycles. The second-order valence-corrected chi connectivity index (χ2v) is 9.71. The van der Waals surface area contributed by atoms with Gasteiger partial charge in [-0.05, 0) is 19.1 Å². The highest BCUT2D eigenvalue weighted by Crippen LogP contribution is 2.26. The SMILES string of the molecule is Cc1c(C(=O)N2CCN(Cc3csc(C(C)(C)C)n3)CC2)cnn1-c1ccccc1. The van der Waals surface area contributed by atoms with Crippen molar-refractivity contribution >= 4 is 17.2 Å². The first-order valence-electron chi connectivity index (χ1n) is 10.4. The highest BCUT2D eigenvalue weighted by atomic mass is 32.1. The molecule has 1 aromatic carbocycles. The molecule has 0 radical (unpaired) electrons. The Balaban J connectivity index is 1.37. The van der Waals surface area contributed by atoms with E-state index >= 15 is 0 Å². The van der Waals surface area contributed by atoms with Crippen LogP contribution in [0.4, 0.5) is 0 Å². The van der Waals surface area contributed by atoms with E-state index in [9.17, 15) is 4.79 Å². The number of carbonyl (C=O) groups is 1. The molecule has 0 atom stereocenters. The minimum atomic E-state index is 0.0676. The van der Waals surface area contributed by atoms with Gasteiger partial charge in [-0.25, -0.2) is 9.67 Å². The van der Waals surface area contributed by atoms with Gasteiger partial charge in [0.1, 0.15) is 0 Å². The average molecular weight is 424 g/mol. The van der Waals surface area contributed by atoms with E-state index in [-0.39, 0.29) is 11.3 Å². The van der Waals surface area contributed by atoms with Gasteiger partial charge in [0.15, 0.2) is 0 Å². The van der Waals surface area contributed by atoms with E-state index in [0.717, 1.165) is 49.8 Å². The van der Waals surface area contributed by atoms with Gasteiger partial charge in [-0.2, -0.15) is 5.10 Å². The molecule has 0 bridgehead atoms. The second kappa shape index (κ2) is 8.32. The molecule has 1 fully saturated rings. The van der Waals surface area contributed by atoms with Crippen LogP contribution in [0.3, 0.4) is 0 Å². The molecule has 7 heteroatoms. The number of piperazine rings is 1. The van der Waals surface area contributed by atoms with Gasteiger partial charge in [0, 0.05) is 43.5 Å². The Hall–Kier alpha value is -2.51. The first-order valence-corrected chi connectivity index (χ1v) is 11.3. The molecule has 1 saturated heterocycles. The first-order chi connectivity index (χ1) is 14.3. The maximum absolute atomic E-state index is 13.1. The second-order valence-electron chi connectivity index (χ2n) is 8.85. The fraction of sp³-hybridized carbons (Fsp3) is 0.435. The van der Waals surface area contributed by atoms with Crippen LogP contribution in [-0.2, 0) is 12.0 Å². The predicted molar refractivity (Wildman–Crippen MR) is 120 cm³/mol. The lowest BCUT2D eigenvalue weighted by Crippen LogP contribution is -2.48. The predicted octanol–water partition coefficient (Wildman–Crippen LogP) is 3.89. The van der Waals surface area contributed by atoms with Crippen molar-refractivity contribution in [1.82, 2.24) is 24.6 Å². The van der Waals surface area contributed by atoms with Gasteiger partial charge in [0.05, 0.1) is 33.8 Å². The Kier molecular flexibility index (Phi) is 5.75. The number of nitrogens with zero attached hydrogens (tertiary/aromatic N) is 5. The van der Waals surface area contributed by atoms with Crippen LogP contribution in [0.25, 0.3) is 5.69 Å². The Morgan fingerprint density at radius 1 is 1.10 bits per heavy atom. The number of rotatable bonds is 4. The number of amides is 1. The summed E-state index contributed by atoms with van der Waals surface area (Å²) in [6.45, 7) is 12.6. The minimum absolute atomic E-state index is 0.0676. The van der Waals surface area contributed by atoms with Crippen LogP contribution in [-0.4, -0.2) is 56.7 Å². The van der Waals surface area contributed by atoms with Crippen LogP contribution in [0.2, 0.25) is 0 Å². The Bertz CT molecular complexity index is 1010. The van der Waals surface area contributed by atoms with Gasteiger partial charge in [0.25, 0.3) is 5.91 Å². The van der Waals surface area contributed by atoms with Gasteiger partial charge >= 0.3 is 0 Å². The molecule has 0 spiro atoms. The number of benzene rings is 1. The third kappa shape index (κ3) is 4.32. The van der Waals surface area contributed by atoms with Crippen LogP contribution in [0.1, 0.15) is 47.5 Å². The number of hydrogen-bond donors (Lipinski definition) is 0. The maximum Gasteiger partial charge on any atom is 0.257 e. The van der Waals surface area contributed by atoms with Crippen molar-refractivity contribution in [3.8, 4) is 5.69 Å². The van der Waals surface area contributed by atoms with E-state index in [1.54, 1.807) is 17.5 Å². The zero-order chi connectivity index (χ0) is 21.3. The van der Waals surface area contributed by atoms with E-state index < -0.39 is 0 Å². The van der Waals surface area contributed by atoms with Gasteiger partial charge in [-0.3, -0.25) is 9.69 Å². The molecule has 3 aromatic rings. The van der Waals surface area contributed by atoms with E-state index in [4.69, 9.17) is 4.98 Å². The van der Waals surface area contributed by atoms with Gasteiger partial charge in [0.2, 0.25) is 0 Å². The lowest BCUT2D eigenvalue weighted by atomic mass is 9.98. The Morgan fingerprint density at radius 3 is 2.43 bits per heavy atom. The van der Waals surface area contributed by atoms with Crippen LogP contribution in [0.5, 0.6) is 0 Å². The van der Waals surface area contributed by atoms with Crippen molar-refractivity contribution in [2.45, 2.75) is 39.7 Å². The van der Waals surface area contributed by atoms with E-state index in [1.165, 1.54) is 5.01 Å². The molecule has 0 unspecified atom stereocenters. The van der Waals surface area contributed by atoms with Crippen LogP contribution >= 0.6 is 11.3 Å². The zero-order valence-electron chi connectivity index (χ0n) is 18.1. The molecular weight excluding hydrogens is 394 g/mol. The van der Waals surface area contributed by atoms with E-state index in [0.29, 0.717) is 5.56 Å². The summed E-state index contributed by atoms with van der Waals surface area (Å²) in [6, 6.07) is 9.92. The summed E-state index contributed by atoms with van der Waals surface area (Å²) < 4.78 is 1.83. The third-order valence-electron chi connectivity index (χ3n) is 5.48. The summed E-state index contributed by atoms with van der Waals surface area (Å²) >= 11 is 1.74. The topological polar surface area (TPSA) is 54.3 Å². The standard InChI is InChI=1S/C23H29N5OS/c1-17-20(14-24-28(17)19-8-6-5-7-9-19)21(29)27-12-10-26(11-13-27)15-18-16-30-22(25-18)23(2,3)4/h5-9,14,16H,10-13,15H2,1-4H3. The third-order valence-corrected chi connectivity index (χ3v) is 6.80. The normalized spacial score (nSPS) is 15.5. The highest BCUT2D eigenvalue weighted by molar-refractivity contribution is 7.09. The zero-order valence-corrected chi connectivity index (χ0v) is 18.9. The quantitative estimate of drug-likeness (QED) is 0.639. The minimum Gasteiger partial charge on any atom is -0.336 e. The van der Waals surface area contributed by atoms with Crippen molar-refractivity contribution in [2.75, 3.05) is 26.2 Å². The molecule has 158 valence electrons. The monoisotopic (exact) mass is 423 g/mol. The fourth-order valence-electron chi connectivity index (χ4n) is 3.68. The number of aromatic nitrogens is 3. The summed E-state index contributed by atoms with van der Waals surface area (Å²) in [5.41, 5.74) is 3.75. The van der Waals surface area contributed by atoms with Crippen LogP contribution in [0.15, 0.2) is 41.9 Å². The average Bonchev–Trinajstić information content (AvgIpc) is 3.35. The number of thiazole rings is 1. The van der Waals surface area contributed by atoms with Crippen molar-refractivity contribution in [3.63, 3.8) is 0 Å². The van der Waals surface area contributed by atoms with E-state index in [1.807, 2.05) is 46.8 Å². The molecule has 4 rings (SSSR count). The summed E-state index contributed by atoms with van der Waals surface area (Å²) in [5, 5.41) is 7.79. The molecular formula is C23H29N5OS. The Labute approximate surface area is 182 Å². The largest absolute Gasteiger partial charge is 0.336 e. The van der Waals surface area contributed by atoms with Crippen molar-refractivity contribution in [3.05, 3.63) is 63.9 Å². The molecule has 0 aliphatic carbocycles. The lowest BCUT2D eigenvalue weighted by Gasteiger charge is -2.34. The molecule has 1 aliphatic heterocycles. The maximum atomic E-state index is 13.1. The van der Waals surface area contributed by atoms with E-state index in [2.05, 4.69) is 36.1 Å². The number of carbonyl (C=O) groups excluding carboxylic acids is 1. The summed E-state index contributed by atoms with van der Waals surface area (Å²) in [7, 11) is 0. The molecule has 1 aliphatic rings. The summed E-state index contributed by atoms with van der Waals surface area (Å²) in [5.74, 6) is 0.0676. The van der Waals surface area contributed by atoms with Gasteiger partial charge in [-0.15, -0.1) is 11.3 Å². The highest BCUT2D eigenvalue weighted by Gasteiger charge is 2.26. The summed E-state index contributed by atoms with van der Waals surface area (Å²) in [4.78, 5) is 22.2. The molecule has 0 N–H and O–H groups in total. The Morgan fingerprint density at radius 2 is 1.80 bits per heavy atom. The van der Waals surface area contributed by atoms with Crippen molar-refractivity contribution in [2.24, 2.45) is 0 Å². The fourth-order valence-corrected chi connectivity index (χ4v) is 4.58. The van der Waals surface area contributed by atoms with Crippen molar-refractivity contribution < 1.29 is 4.79 Å². The lowest BCUT2D eigenvalue weighted by molar-refractivity contribution is 0.0626. The number of para-hydroxylation sites is 1. The molecule has 6 nitrogen and oxygen atoms in total. The first kappa shape index (κ1) is 20.8.